The lowest BCUT2D eigenvalue weighted by Crippen LogP contribution is -2.69. The molecular weight excluding hydrogens is 365 g/mol. The molecule has 3 heterocycles. The smallest absolute Gasteiger partial charge is 0.246 e. The third-order valence-corrected chi connectivity index (χ3v) is 6.23. The fourth-order valence-corrected chi connectivity index (χ4v) is 4.30. The van der Waals surface area contributed by atoms with Gasteiger partial charge in [0.25, 0.3) is 0 Å². The maximum Gasteiger partial charge on any atom is 0.246 e. The van der Waals surface area contributed by atoms with E-state index in [0.29, 0.717) is 35.0 Å². The maximum absolute atomic E-state index is 12.9. The first-order valence-corrected chi connectivity index (χ1v) is 9.20. The zero-order valence-electron chi connectivity index (χ0n) is 13.5. The number of phenolic OH excluding ortho intramolecular Hbond substituents is 1. The Bertz CT molecular complexity index is 738. The first-order chi connectivity index (χ1) is 12.0. The number of phenols is 1. The van der Waals surface area contributed by atoms with Crippen LogP contribution in [0.15, 0.2) is 12.1 Å². The number of benzene rings is 1. The Hall–Kier alpha value is -1.50. The summed E-state index contributed by atoms with van der Waals surface area (Å²) in [6.45, 7) is 2.16. The predicted octanol–water partition coefficient (Wildman–Crippen LogP) is 1.59. The predicted molar refractivity (Wildman–Crippen MR) is 94.0 cm³/mol. The second-order valence-corrected chi connectivity index (χ2v) is 7.74. The molecule has 0 aliphatic carbocycles. The van der Waals surface area contributed by atoms with Crippen molar-refractivity contribution in [1.29, 1.82) is 0 Å². The number of piperidine rings is 1. The second kappa shape index (κ2) is 6.34. The van der Waals surface area contributed by atoms with E-state index in [9.17, 15) is 14.7 Å². The highest BCUT2D eigenvalue weighted by Crippen LogP contribution is 2.41. The monoisotopic (exact) mass is 383 g/mol. The summed E-state index contributed by atoms with van der Waals surface area (Å²) in [7, 11) is 0. The van der Waals surface area contributed by atoms with E-state index in [0.717, 1.165) is 13.1 Å². The van der Waals surface area contributed by atoms with Gasteiger partial charge in [-0.3, -0.25) is 9.59 Å². The molecular formula is C17H19Cl2N3O3. The molecule has 1 aromatic rings. The zero-order valence-corrected chi connectivity index (χ0v) is 15.1. The van der Waals surface area contributed by atoms with E-state index in [1.54, 1.807) is 15.9 Å². The molecule has 6 nitrogen and oxygen atoms in total. The molecule has 2 atom stereocenters. The average molecular weight is 384 g/mol. The lowest BCUT2D eigenvalue weighted by molar-refractivity contribution is -0.161. The van der Waals surface area contributed by atoms with Crippen molar-refractivity contribution in [1.82, 2.24) is 15.1 Å². The number of hydrogen-bond donors (Lipinski definition) is 2. The minimum Gasteiger partial charge on any atom is -0.508 e. The third kappa shape index (κ3) is 2.86. The summed E-state index contributed by atoms with van der Waals surface area (Å²) < 4.78 is 0. The lowest BCUT2D eigenvalue weighted by Gasteiger charge is -2.49. The number of aromatic hydroxyl groups is 1. The summed E-state index contributed by atoms with van der Waals surface area (Å²) in [5.74, 6) is 0.0679. The molecule has 0 unspecified atom stereocenters. The van der Waals surface area contributed by atoms with Crippen LogP contribution < -0.4 is 5.32 Å². The topological polar surface area (TPSA) is 72.9 Å². The Morgan fingerprint density at radius 1 is 1.12 bits per heavy atom. The van der Waals surface area contributed by atoms with Crippen LogP contribution in [0.2, 0.25) is 10.0 Å². The van der Waals surface area contributed by atoms with Crippen molar-refractivity contribution in [3.8, 4) is 5.75 Å². The molecule has 4 rings (SSSR count). The number of nitrogens with zero attached hydrogens (tertiary/aromatic N) is 2. The first kappa shape index (κ1) is 16.9. The number of nitrogens with one attached hydrogen (secondary N) is 1. The van der Waals surface area contributed by atoms with Gasteiger partial charge in [-0.25, -0.2) is 0 Å². The normalized spacial score (nSPS) is 27.3. The Labute approximate surface area is 155 Å². The van der Waals surface area contributed by atoms with Crippen molar-refractivity contribution in [3.05, 3.63) is 27.7 Å². The Morgan fingerprint density at radius 2 is 1.84 bits per heavy atom. The van der Waals surface area contributed by atoms with Gasteiger partial charge in [0.1, 0.15) is 18.3 Å². The van der Waals surface area contributed by atoms with E-state index in [1.807, 2.05) is 0 Å². The zero-order chi connectivity index (χ0) is 17.7. The van der Waals surface area contributed by atoms with Gasteiger partial charge in [0.05, 0.1) is 16.1 Å². The molecule has 3 fully saturated rings. The Balaban J connectivity index is 1.59. The van der Waals surface area contributed by atoms with Gasteiger partial charge in [-0.2, -0.15) is 0 Å². The van der Waals surface area contributed by atoms with Crippen molar-refractivity contribution in [2.45, 2.75) is 30.8 Å². The highest BCUT2D eigenvalue weighted by molar-refractivity contribution is 6.42. The van der Waals surface area contributed by atoms with Crippen LogP contribution in [0.5, 0.6) is 5.75 Å². The van der Waals surface area contributed by atoms with Crippen LogP contribution in [0.3, 0.4) is 0 Å². The third-order valence-electron chi connectivity index (χ3n) is 5.51. The standard InChI is InChI=1S/C17H19Cl2N3O3/c18-12-4-11(15(23)5-13(12)19)9-1-2-21-14(3-9)17(25)22(8-16(21)24)10-6-20-7-10/h4-5,9-10,14,20,23H,1-3,6-8H2/t9-,14+/m0/s1. The summed E-state index contributed by atoms with van der Waals surface area (Å²) in [6.07, 6.45) is 1.18. The number of rotatable bonds is 2. The van der Waals surface area contributed by atoms with Gasteiger partial charge < -0.3 is 20.2 Å². The number of halogens is 2. The Kier molecular flexibility index (Phi) is 4.30. The van der Waals surface area contributed by atoms with Gasteiger partial charge in [-0.1, -0.05) is 23.2 Å². The molecule has 134 valence electrons. The molecule has 8 heteroatoms. The Morgan fingerprint density at radius 3 is 2.52 bits per heavy atom. The molecule has 0 spiro atoms. The highest BCUT2D eigenvalue weighted by atomic mass is 35.5. The van der Waals surface area contributed by atoms with Crippen molar-refractivity contribution in [3.63, 3.8) is 0 Å². The molecule has 25 heavy (non-hydrogen) atoms. The van der Waals surface area contributed by atoms with E-state index in [-0.39, 0.29) is 36.1 Å². The summed E-state index contributed by atoms with van der Waals surface area (Å²) >= 11 is 12.0. The SMILES string of the molecule is O=C1[C@H]2C[C@@H](c3cc(Cl)c(Cl)cc3O)CCN2C(=O)CN1C1CNC1. The molecule has 0 aromatic heterocycles. The molecule has 3 saturated heterocycles. The average Bonchev–Trinajstić information content (AvgIpc) is 2.53. The van der Waals surface area contributed by atoms with Crippen molar-refractivity contribution < 1.29 is 14.7 Å². The van der Waals surface area contributed by atoms with Crippen molar-refractivity contribution >= 4 is 35.0 Å². The van der Waals surface area contributed by atoms with E-state index in [2.05, 4.69) is 5.32 Å². The van der Waals surface area contributed by atoms with Gasteiger partial charge in [0.15, 0.2) is 0 Å². The summed E-state index contributed by atoms with van der Waals surface area (Å²) in [5, 5.41) is 14.1. The van der Waals surface area contributed by atoms with Crippen LogP contribution in [0.1, 0.15) is 24.3 Å². The second-order valence-electron chi connectivity index (χ2n) is 6.93. The van der Waals surface area contributed by atoms with E-state index in [4.69, 9.17) is 23.2 Å². The van der Waals surface area contributed by atoms with Crippen LogP contribution in [-0.4, -0.2) is 65.0 Å². The quantitative estimate of drug-likeness (QED) is 0.813. The summed E-state index contributed by atoms with van der Waals surface area (Å²) in [5.41, 5.74) is 0.691. The number of carbonyl (C=O) groups is 2. The number of carbonyl (C=O) groups excluding carboxylic acids is 2. The molecule has 3 aliphatic heterocycles. The minimum absolute atomic E-state index is 0.00769. The molecule has 2 N–H and O–H groups in total. The van der Waals surface area contributed by atoms with Gasteiger partial charge in [0.2, 0.25) is 11.8 Å². The summed E-state index contributed by atoms with van der Waals surface area (Å²) in [4.78, 5) is 28.8. The van der Waals surface area contributed by atoms with Gasteiger partial charge >= 0.3 is 0 Å². The molecule has 0 radical (unpaired) electrons. The van der Waals surface area contributed by atoms with Gasteiger partial charge in [-0.15, -0.1) is 0 Å². The van der Waals surface area contributed by atoms with E-state index >= 15 is 0 Å². The number of fused-ring (bicyclic) bond motifs is 1. The molecule has 0 saturated carbocycles. The van der Waals surface area contributed by atoms with Crippen LogP contribution in [0.25, 0.3) is 0 Å². The fourth-order valence-electron chi connectivity index (χ4n) is 3.97. The molecule has 3 aliphatic rings. The fraction of sp³-hybridized carbons (Fsp3) is 0.529. The van der Waals surface area contributed by atoms with E-state index in [1.165, 1.54) is 6.07 Å². The van der Waals surface area contributed by atoms with Crippen molar-refractivity contribution in [2.75, 3.05) is 26.2 Å². The molecule has 1 aromatic carbocycles. The van der Waals surface area contributed by atoms with Gasteiger partial charge in [0, 0.05) is 25.7 Å². The largest absolute Gasteiger partial charge is 0.508 e. The van der Waals surface area contributed by atoms with Crippen molar-refractivity contribution in [2.24, 2.45) is 0 Å². The van der Waals surface area contributed by atoms with E-state index < -0.39 is 6.04 Å². The van der Waals surface area contributed by atoms with Crippen LogP contribution in [0, 0.1) is 0 Å². The number of hydrogen-bond acceptors (Lipinski definition) is 4. The molecule has 0 bridgehead atoms. The first-order valence-electron chi connectivity index (χ1n) is 8.44. The highest BCUT2D eigenvalue weighted by Gasteiger charge is 2.46. The lowest BCUT2D eigenvalue weighted by atomic mass is 9.83. The summed E-state index contributed by atoms with van der Waals surface area (Å²) in [6, 6.07) is 2.75. The number of piperazine rings is 1. The van der Waals surface area contributed by atoms with Crippen LogP contribution in [-0.2, 0) is 9.59 Å². The molecule has 2 amide bonds. The number of amides is 2. The van der Waals surface area contributed by atoms with Crippen LogP contribution >= 0.6 is 23.2 Å². The maximum atomic E-state index is 12.9. The van der Waals surface area contributed by atoms with Crippen LogP contribution in [0.4, 0.5) is 0 Å². The minimum atomic E-state index is -0.463. The van der Waals surface area contributed by atoms with Gasteiger partial charge in [-0.05, 0) is 30.4 Å².